The van der Waals surface area contributed by atoms with Gasteiger partial charge in [0, 0.05) is 0 Å². The predicted octanol–water partition coefficient (Wildman–Crippen LogP) is 0.00720. The molecule has 0 aliphatic heterocycles. The maximum Gasteiger partial charge on any atom is 0.361 e. The van der Waals surface area contributed by atoms with Crippen LogP contribution in [0.4, 0.5) is 9.59 Å². The summed E-state index contributed by atoms with van der Waals surface area (Å²) in [6.45, 7) is 0. The summed E-state index contributed by atoms with van der Waals surface area (Å²) in [6.07, 6.45) is 0. The summed E-state index contributed by atoms with van der Waals surface area (Å²) in [7, 11) is 0. The minimum atomic E-state index is -1.14. The predicted molar refractivity (Wildman–Crippen MR) is 42.4 cm³/mol. The number of carboxylic acid groups (broad SMARTS) is 2. The van der Waals surface area contributed by atoms with Crippen LogP contribution >= 0.6 is 25.3 Å². The Bertz CT molecular complexity index is 77.3. The summed E-state index contributed by atoms with van der Waals surface area (Å²) in [5.74, 6) is 8.00. The van der Waals surface area contributed by atoms with Crippen LogP contribution in [0.5, 0.6) is 0 Å². The van der Waals surface area contributed by atoms with Crippen LogP contribution in [-0.2, 0) is 0 Å². The monoisotopic (exact) mass is 188 g/mol. The maximum atomic E-state index is 8.86. The number of rotatable bonds is 0. The first-order chi connectivity index (χ1) is 4.46. The molecular weight excluding hydrogens is 180 g/mol. The SMILES string of the molecule is NN.O=C(O)S.O=C(O)S. The van der Waals surface area contributed by atoms with Crippen molar-refractivity contribution in [3.63, 3.8) is 0 Å². The van der Waals surface area contributed by atoms with Gasteiger partial charge < -0.3 is 10.2 Å². The lowest BCUT2D eigenvalue weighted by Gasteiger charge is -1.58. The normalized spacial score (nSPS) is 5.60. The Kier molecular flexibility index (Phi) is 25.8. The van der Waals surface area contributed by atoms with E-state index in [1.807, 2.05) is 0 Å². The lowest BCUT2D eigenvalue weighted by atomic mass is 11.6. The van der Waals surface area contributed by atoms with Gasteiger partial charge in [-0.3, -0.25) is 11.7 Å². The molecule has 8 heteroatoms. The number of hydrogen-bond donors (Lipinski definition) is 6. The van der Waals surface area contributed by atoms with E-state index < -0.39 is 10.6 Å². The minimum Gasteiger partial charge on any atom is -0.473 e. The van der Waals surface area contributed by atoms with Gasteiger partial charge in [0.2, 0.25) is 0 Å². The molecule has 10 heavy (non-hydrogen) atoms. The second kappa shape index (κ2) is 15.8. The molecule has 0 rings (SSSR count). The maximum absolute atomic E-state index is 8.86. The summed E-state index contributed by atoms with van der Waals surface area (Å²) >= 11 is 5.77. The largest absolute Gasteiger partial charge is 0.473 e. The molecule has 0 radical (unpaired) electrons. The molecule has 0 aliphatic rings. The number of hydrazine groups is 1. The summed E-state index contributed by atoms with van der Waals surface area (Å²) < 4.78 is 0. The number of hydrogen-bond acceptors (Lipinski definition) is 4. The lowest BCUT2D eigenvalue weighted by molar-refractivity contribution is 0.221. The molecule has 0 aromatic heterocycles. The Morgan fingerprint density at radius 1 is 1.00 bits per heavy atom. The van der Waals surface area contributed by atoms with Gasteiger partial charge in [-0.05, 0) is 0 Å². The Labute approximate surface area is 68.0 Å². The molecule has 0 fully saturated rings. The molecule has 0 unspecified atom stereocenters. The van der Waals surface area contributed by atoms with Crippen molar-refractivity contribution in [3.05, 3.63) is 0 Å². The van der Waals surface area contributed by atoms with E-state index in [4.69, 9.17) is 19.8 Å². The molecule has 0 aromatic carbocycles. The van der Waals surface area contributed by atoms with E-state index >= 15 is 0 Å². The zero-order valence-corrected chi connectivity index (χ0v) is 6.55. The highest BCUT2D eigenvalue weighted by molar-refractivity contribution is 7.96. The van der Waals surface area contributed by atoms with Gasteiger partial charge >= 0.3 is 10.6 Å². The number of carbonyl (C=O) groups is 2. The summed E-state index contributed by atoms with van der Waals surface area (Å²) in [4.78, 5) is 17.7. The van der Waals surface area contributed by atoms with Crippen molar-refractivity contribution in [1.82, 2.24) is 0 Å². The minimum absolute atomic E-state index is 1.14. The van der Waals surface area contributed by atoms with E-state index in [-0.39, 0.29) is 0 Å². The van der Waals surface area contributed by atoms with Crippen LogP contribution in [0.1, 0.15) is 0 Å². The van der Waals surface area contributed by atoms with Crippen LogP contribution in [0.3, 0.4) is 0 Å². The van der Waals surface area contributed by atoms with Crippen molar-refractivity contribution in [3.8, 4) is 0 Å². The lowest BCUT2D eigenvalue weighted by Crippen LogP contribution is -2.02. The molecule has 0 amide bonds. The van der Waals surface area contributed by atoms with Gasteiger partial charge in [0.15, 0.2) is 0 Å². The fraction of sp³-hybridized carbons (Fsp3) is 0. The van der Waals surface area contributed by atoms with Gasteiger partial charge in [-0.2, -0.15) is 0 Å². The highest BCUT2D eigenvalue weighted by atomic mass is 32.1. The van der Waals surface area contributed by atoms with Crippen molar-refractivity contribution < 1.29 is 19.8 Å². The second-order valence-electron chi connectivity index (χ2n) is 0.565. The van der Waals surface area contributed by atoms with Crippen LogP contribution in [-0.4, -0.2) is 20.8 Å². The Morgan fingerprint density at radius 3 is 1.00 bits per heavy atom. The van der Waals surface area contributed by atoms with Gasteiger partial charge in [0.05, 0.1) is 0 Å². The van der Waals surface area contributed by atoms with Gasteiger partial charge in [-0.1, -0.05) is 25.3 Å². The van der Waals surface area contributed by atoms with Crippen molar-refractivity contribution in [2.75, 3.05) is 0 Å². The average molecular weight is 188 g/mol. The highest BCUT2D eigenvalue weighted by Crippen LogP contribution is 1.66. The van der Waals surface area contributed by atoms with Gasteiger partial charge in [0.25, 0.3) is 0 Å². The first-order valence-corrected chi connectivity index (χ1v) is 2.53. The Morgan fingerprint density at radius 2 is 1.00 bits per heavy atom. The molecule has 6 nitrogen and oxygen atoms in total. The fourth-order valence-corrected chi connectivity index (χ4v) is 0. The third kappa shape index (κ3) is 1680. The van der Waals surface area contributed by atoms with Crippen LogP contribution in [0, 0.1) is 0 Å². The average Bonchev–Trinajstić information content (AvgIpc) is 1.66. The molecule has 0 bridgehead atoms. The van der Waals surface area contributed by atoms with E-state index in [9.17, 15) is 0 Å². The van der Waals surface area contributed by atoms with Crippen LogP contribution < -0.4 is 11.7 Å². The second-order valence-corrected chi connectivity index (χ2v) is 1.33. The van der Waals surface area contributed by atoms with Gasteiger partial charge in [-0.15, -0.1) is 0 Å². The molecular formula is C2H8N2O4S2. The molecule has 0 aliphatic carbocycles. The molecule has 0 spiro atoms. The van der Waals surface area contributed by atoms with E-state index in [1.165, 1.54) is 0 Å². The van der Waals surface area contributed by atoms with E-state index in [0.29, 0.717) is 0 Å². The molecule has 0 saturated carbocycles. The van der Waals surface area contributed by atoms with Crippen molar-refractivity contribution >= 4 is 35.9 Å². The first kappa shape index (κ1) is 16.3. The van der Waals surface area contributed by atoms with Crippen molar-refractivity contribution in [1.29, 1.82) is 0 Å². The van der Waals surface area contributed by atoms with Gasteiger partial charge in [-0.25, -0.2) is 9.59 Å². The molecule has 0 saturated heterocycles. The fourth-order valence-electron chi connectivity index (χ4n) is 0. The van der Waals surface area contributed by atoms with Crippen LogP contribution in [0.2, 0.25) is 0 Å². The number of thiol groups is 2. The summed E-state index contributed by atoms with van der Waals surface area (Å²) in [5, 5.41) is 12.3. The smallest absolute Gasteiger partial charge is 0.361 e. The standard InChI is InChI=1S/2CH2O2S.H4N2/c2*2-1(3)4;1-2/h2*4H,(H,2,3);1-2H2. The van der Waals surface area contributed by atoms with E-state index in [2.05, 4.69) is 36.9 Å². The van der Waals surface area contributed by atoms with Gasteiger partial charge in [0.1, 0.15) is 0 Å². The third-order valence-corrected chi connectivity index (χ3v) is 0. The molecule has 0 atom stereocenters. The zero-order chi connectivity index (χ0) is 9.15. The molecule has 0 aromatic rings. The first-order valence-electron chi connectivity index (χ1n) is 1.64. The van der Waals surface area contributed by atoms with E-state index in [0.717, 1.165) is 0 Å². The Balaban J connectivity index is -0.0000000787. The number of nitrogens with two attached hydrogens (primary N) is 2. The molecule has 6 N–H and O–H groups in total. The Hall–Kier alpha value is -0.440. The van der Waals surface area contributed by atoms with E-state index in [1.54, 1.807) is 0 Å². The summed E-state index contributed by atoms with van der Waals surface area (Å²) in [6, 6.07) is 0. The quantitative estimate of drug-likeness (QED) is 0.180. The topological polar surface area (TPSA) is 127 Å². The third-order valence-electron chi connectivity index (χ3n) is 0. The van der Waals surface area contributed by atoms with Crippen LogP contribution in [0.25, 0.3) is 0 Å². The van der Waals surface area contributed by atoms with Crippen LogP contribution in [0.15, 0.2) is 0 Å². The zero-order valence-electron chi connectivity index (χ0n) is 4.76. The molecule has 0 heterocycles. The highest BCUT2D eigenvalue weighted by Gasteiger charge is 1.67. The van der Waals surface area contributed by atoms with Crippen molar-refractivity contribution in [2.24, 2.45) is 11.7 Å². The summed E-state index contributed by atoms with van der Waals surface area (Å²) in [5.41, 5.74) is 0. The van der Waals surface area contributed by atoms with Crippen molar-refractivity contribution in [2.45, 2.75) is 0 Å². The molecule has 62 valence electrons.